The van der Waals surface area contributed by atoms with Gasteiger partial charge in [-0.3, -0.25) is 0 Å². The summed E-state index contributed by atoms with van der Waals surface area (Å²) in [7, 11) is 0. The quantitative estimate of drug-likeness (QED) is 0.841. The molecule has 0 radical (unpaired) electrons. The lowest BCUT2D eigenvalue weighted by atomic mass is 9.89. The van der Waals surface area contributed by atoms with Gasteiger partial charge in [-0.05, 0) is 31.2 Å². The smallest absolute Gasteiger partial charge is 0.0699 e. The van der Waals surface area contributed by atoms with Crippen LogP contribution < -0.4 is 5.32 Å². The number of nitrogens with one attached hydrogen (secondary N) is 1. The average molecular weight is 263 g/mol. The Bertz CT molecular complexity index is 219. The highest BCUT2D eigenvalue weighted by molar-refractivity contribution is 5.85. The van der Waals surface area contributed by atoms with Crippen molar-refractivity contribution < 1.29 is 4.74 Å². The number of rotatable bonds is 3. The SMILES string of the molecule is CCC1CN(CC2(C)CCNC2)CCCO1.Cl. The lowest BCUT2D eigenvalue weighted by molar-refractivity contribution is 0.0467. The van der Waals surface area contributed by atoms with Gasteiger partial charge in [0.1, 0.15) is 0 Å². The molecule has 2 rings (SSSR count). The second-order valence-electron chi connectivity index (χ2n) is 5.73. The van der Waals surface area contributed by atoms with Gasteiger partial charge in [0.05, 0.1) is 6.10 Å². The van der Waals surface area contributed by atoms with E-state index in [1.165, 1.54) is 39.0 Å². The molecule has 2 unspecified atom stereocenters. The molecule has 4 heteroatoms. The number of ether oxygens (including phenoxy) is 1. The van der Waals surface area contributed by atoms with Crippen molar-refractivity contribution in [2.75, 3.05) is 39.3 Å². The van der Waals surface area contributed by atoms with Crippen LogP contribution in [0.4, 0.5) is 0 Å². The summed E-state index contributed by atoms with van der Waals surface area (Å²) in [6.45, 7) is 11.5. The zero-order chi connectivity index (χ0) is 11.4. The monoisotopic (exact) mass is 262 g/mol. The molecular weight excluding hydrogens is 236 g/mol. The number of halogens is 1. The van der Waals surface area contributed by atoms with Gasteiger partial charge in [0.2, 0.25) is 0 Å². The van der Waals surface area contributed by atoms with E-state index in [0.29, 0.717) is 11.5 Å². The lowest BCUT2D eigenvalue weighted by Crippen LogP contribution is -2.40. The van der Waals surface area contributed by atoms with Crippen LogP contribution in [0.1, 0.15) is 33.1 Å². The molecule has 0 aliphatic carbocycles. The molecule has 0 aromatic carbocycles. The van der Waals surface area contributed by atoms with Gasteiger partial charge in [-0.25, -0.2) is 0 Å². The van der Waals surface area contributed by atoms with Crippen LogP contribution in [0.25, 0.3) is 0 Å². The van der Waals surface area contributed by atoms with Gasteiger partial charge in [-0.15, -0.1) is 12.4 Å². The van der Waals surface area contributed by atoms with Crippen molar-refractivity contribution in [1.29, 1.82) is 0 Å². The maximum absolute atomic E-state index is 5.82. The van der Waals surface area contributed by atoms with Crippen LogP contribution in [-0.4, -0.2) is 50.3 Å². The third-order valence-electron chi connectivity index (χ3n) is 3.95. The third-order valence-corrected chi connectivity index (χ3v) is 3.95. The maximum Gasteiger partial charge on any atom is 0.0699 e. The van der Waals surface area contributed by atoms with Crippen LogP contribution in [0.3, 0.4) is 0 Å². The first-order valence-electron chi connectivity index (χ1n) is 6.76. The Morgan fingerprint density at radius 1 is 1.47 bits per heavy atom. The van der Waals surface area contributed by atoms with E-state index in [0.717, 1.165) is 19.6 Å². The molecule has 2 atom stereocenters. The minimum Gasteiger partial charge on any atom is -0.377 e. The van der Waals surface area contributed by atoms with Crippen LogP contribution in [0.2, 0.25) is 0 Å². The van der Waals surface area contributed by atoms with Crippen LogP contribution >= 0.6 is 12.4 Å². The van der Waals surface area contributed by atoms with E-state index in [2.05, 4.69) is 24.1 Å². The van der Waals surface area contributed by atoms with Crippen LogP contribution in [-0.2, 0) is 4.74 Å². The van der Waals surface area contributed by atoms with E-state index in [9.17, 15) is 0 Å². The molecule has 0 amide bonds. The summed E-state index contributed by atoms with van der Waals surface area (Å²) in [5, 5.41) is 3.49. The van der Waals surface area contributed by atoms with Gasteiger partial charge in [-0.1, -0.05) is 13.8 Å². The van der Waals surface area contributed by atoms with Crippen molar-refractivity contribution in [2.24, 2.45) is 5.41 Å². The molecule has 2 aliphatic rings. The minimum atomic E-state index is 0. The first kappa shape index (κ1) is 15.2. The summed E-state index contributed by atoms with van der Waals surface area (Å²) >= 11 is 0. The minimum absolute atomic E-state index is 0. The van der Waals surface area contributed by atoms with E-state index in [1.807, 2.05) is 0 Å². The Hall–Kier alpha value is 0.170. The predicted octanol–water partition coefficient (Wildman–Crippen LogP) is 1.91. The molecule has 0 bridgehead atoms. The van der Waals surface area contributed by atoms with Crippen molar-refractivity contribution in [3.63, 3.8) is 0 Å². The third kappa shape index (κ3) is 4.40. The second kappa shape index (κ2) is 6.93. The molecule has 0 aromatic rings. The molecule has 102 valence electrons. The number of hydrogen-bond donors (Lipinski definition) is 1. The highest BCUT2D eigenvalue weighted by Crippen LogP contribution is 2.26. The average Bonchev–Trinajstić information content (AvgIpc) is 2.56. The van der Waals surface area contributed by atoms with E-state index in [1.54, 1.807) is 0 Å². The highest BCUT2D eigenvalue weighted by Gasteiger charge is 2.31. The van der Waals surface area contributed by atoms with Gasteiger partial charge in [0.15, 0.2) is 0 Å². The molecule has 0 saturated carbocycles. The highest BCUT2D eigenvalue weighted by atomic mass is 35.5. The van der Waals surface area contributed by atoms with E-state index >= 15 is 0 Å². The first-order chi connectivity index (χ1) is 7.72. The zero-order valence-electron chi connectivity index (χ0n) is 11.2. The maximum atomic E-state index is 5.82. The molecule has 0 aromatic heterocycles. The summed E-state index contributed by atoms with van der Waals surface area (Å²) in [6.07, 6.45) is 4.12. The Labute approximate surface area is 112 Å². The lowest BCUT2D eigenvalue weighted by Gasteiger charge is -2.32. The zero-order valence-corrected chi connectivity index (χ0v) is 12.0. The summed E-state index contributed by atoms with van der Waals surface area (Å²) < 4.78 is 5.82. The Morgan fingerprint density at radius 2 is 2.29 bits per heavy atom. The molecule has 0 spiro atoms. The van der Waals surface area contributed by atoms with E-state index in [-0.39, 0.29) is 12.4 Å². The fourth-order valence-corrected chi connectivity index (χ4v) is 2.90. The van der Waals surface area contributed by atoms with Crippen molar-refractivity contribution in [3.8, 4) is 0 Å². The molecule has 2 heterocycles. The largest absolute Gasteiger partial charge is 0.377 e. The van der Waals surface area contributed by atoms with Gasteiger partial charge in [-0.2, -0.15) is 0 Å². The van der Waals surface area contributed by atoms with Crippen molar-refractivity contribution in [3.05, 3.63) is 0 Å². The molecule has 2 saturated heterocycles. The van der Waals surface area contributed by atoms with Crippen LogP contribution in [0, 0.1) is 5.41 Å². The fourth-order valence-electron chi connectivity index (χ4n) is 2.90. The van der Waals surface area contributed by atoms with Crippen molar-refractivity contribution >= 4 is 12.4 Å². The van der Waals surface area contributed by atoms with Crippen LogP contribution in [0.15, 0.2) is 0 Å². The number of nitrogens with zero attached hydrogens (tertiary/aromatic N) is 1. The van der Waals surface area contributed by atoms with Crippen molar-refractivity contribution in [2.45, 2.75) is 39.2 Å². The van der Waals surface area contributed by atoms with Gasteiger partial charge < -0.3 is 15.0 Å². The molecular formula is C13H27ClN2O. The fraction of sp³-hybridized carbons (Fsp3) is 1.00. The van der Waals surface area contributed by atoms with Crippen LogP contribution in [0.5, 0.6) is 0 Å². The normalized spacial score (nSPS) is 35.3. The van der Waals surface area contributed by atoms with E-state index in [4.69, 9.17) is 4.74 Å². The van der Waals surface area contributed by atoms with Gasteiger partial charge in [0, 0.05) is 32.8 Å². The van der Waals surface area contributed by atoms with E-state index < -0.39 is 0 Å². The van der Waals surface area contributed by atoms with Gasteiger partial charge in [0.25, 0.3) is 0 Å². The Kier molecular flexibility index (Phi) is 6.21. The first-order valence-corrected chi connectivity index (χ1v) is 6.76. The summed E-state index contributed by atoms with van der Waals surface area (Å²) in [5.74, 6) is 0. The summed E-state index contributed by atoms with van der Waals surface area (Å²) in [6, 6.07) is 0. The Balaban J connectivity index is 0.00000144. The molecule has 2 fully saturated rings. The Morgan fingerprint density at radius 3 is 2.94 bits per heavy atom. The van der Waals surface area contributed by atoms with Gasteiger partial charge >= 0.3 is 0 Å². The standard InChI is InChI=1S/C13H26N2O.ClH/c1-3-12-9-15(7-4-8-16-12)11-13(2)5-6-14-10-13;/h12,14H,3-11H2,1-2H3;1H. The molecule has 2 aliphatic heterocycles. The molecule has 1 N–H and O–H groups in total. The topological polar surface area (TPSA) is 24.5 Å². The second-order valence-corrected chi connectivity index (χ2v) is 5.73. The summed E-state index contributed by atoms with van der Waals surface area (Å²) in [4.78, 5) is 2.62. The van der Waals surface area contributed by atoms with Crippen molar-refractivity contribution in [1.82, 2.24) is 10.2 Å². The molecule has 3 nitrogen and oxygen atoms in total. The number of hydrogen-bond acceptors (Lipinski definition) is 3. The molecule has 17 heavy (non-hydrogen) atoms. The predicted molar refractivity (Wildman–Crippen MR) is 73.9 cm³/mol. The summed E-state index contributed by atoms with van der Waals surface area (Å²) in [5.41, 5.74) is 0.489.